The van der Waals surface area contributed by atoms with Crippen molar-refractivity contribution in [2.24, 2.45) is 0 Å². The van der Waals surface area contributed by atoms with Crippen molar-refractivity contribution in [2.75, 3.05) is 27.2 Å². The molecular formula is C29H32N4O3S. The number of aromatic nitrogens is 2. The van der Waals surface area contributed by atoms with Crippen LogP contribution in [0, 0.1) is 6.92 Å². The SMILES string of the molecule is Cc1c(C(=O)C2=C(O)C(=O)N(CCCN(C)C)C2c2ccc(C(C)C)cc2)sc2nc3ccccc3n12. The Labute approximate surface area is 220 Å². The molecule has 0 fully saturated rings. The Morgan fingerprint density at radius 2 is 1.84 bits per heavy atom. The van der Waals surface area contributed by atoms with Crippen LogP contribution in [0.25, 0.3) is 16.0 Å². The molecule has 1 aliphatic rings. The van der Waals surface area contributed by atoms with E-state index in [1.165, 1.54) is 16.9 Å². The van der Waals surface area contributed by atoms with Crippen LogP contribution < -0.4 is 0 Å². The molecular weight excluding hydrogens is 484 g/mol. The summed E-state index contributed by atoms with van der Waals surface area (Å²) in [6, 6.07) is 15.2. The first-order valence-corrected chi connectivity index (χ1v) is 13.4. The zero-order valence-electron chi connectivity index (χ0n) is 21.9. The van der Waals surface area contributed by atoms with Gasteiger partial charge in [-0.05, 0) is 63.2 Å². The number of carbonyl (C=O) groups is 2. The maximum absolute atomic E-state index is 14.1. The highest BCUT2D eigenvalue weighted by Crippen LogP contribution is 2.41. The van der Waals surface area contributed by atoms with Crippen LogP contribution in [-0.2, 0) is 4.79 Å². The summed E-state index contributed by atoms with van der Waals surface area (Å²) in [4.78, 5) is 37.0. The minimum Gasteiger partial charge on any atom is -0.503 e. The van der Waals surface area contributed by atoms with E-state index in [4.69, 9.17) is 0 Å². The Morgan fingerprint density at radius 1 is 1.14 bits per heavy atom. The van der Waals surface area contributed by atoms with E-state index < -0.39 is 17.7 Å². The quantitative estimate of drug-likeness (QED) is 0.313. The van der Waals surface area contributed by atoms with Gasteiger partial charge in [-0.2, -0.15) is 0 Å². The predicted molar refractivity (Wildman–Crippen MR) is 147 cm³/mol. The second-order valence-electron chi connectivity index (χ2n) is 10.2. The van der Waals surface area contributed by atoms with Crippen molar-refractivity contribution in [3.63, 3.8) is 0 Å². The van der Waals surface area contributed by atoms with E-state index in [1.54, 1.807) is 4.90 Å². The third kappa shape index (κ3) is 4.34. The van der Waals surface area contributed by atoms with Crippen LogP contribution in [0.5, 0.6) is 0 Å². The molecule has 0 bridgehead atoms. The molecule has 3 heterocycles. The van der Waals surface area contributed by atoms with Crippen molar-refractivity contribution in [2.45, 2.75) is 39.2 Å². The molecule has 1 amide bonds. The number of carbonyl (C=O) groups excluding carboxylic acids is 2. The lowest BCUT2D eigenvalue weighted by molar-refractivity contribution is -0.129. The first-order valence-electron chi connectivity index (χ1n) is 12.6. The van der Waals surface area contributed by atoms with Crippen LogP contribution in [0.4, 0.5) is 0 Å². The van der Waals surface area contributed by atoms with Gasteiger partial charge in [0.1, 0.15) is 0 Å². The number of para-hydroxylation sites is 2. The highest BCUT2D eigenvalue weighted by molar-refractivity contribution is 7.19. The number of ketones is 1. The van der Waals surface area contributed by atoms with E-state index in [0.29, 0.717) is 22.3 Å². The summed E-state index contributed by atoms with van der Waals surface area (Å²) in [5.74, 6) is -0.913. The number of Topliss-reactive ketones (excluding diaryl/α,β-unsaturated/α-hetero) is 1. The minimum atomic E-state index is -0.644. The van der Waals surface area contributed by atoms with Gasteiger partial charge in [-0.3, -0.25) is 14.0 Å². The molecule has 2 aromatic carbocycles. The zero-order chi connectivity index (χ0) is 26.4. The van der Waals surface area contributed by atoms with Gasteiger partial charge in [-0.25, -0.2) is 4.98 Å². The Bertz CT molecular complexity index is 1530. The molecule has 37 heavy (non-hydrogen) atoms. The van der Waals surface area contributed by atoms with Gasteiger partial charge in [0, 0.05) is 12.2 Å². The first-order chi connectivity index (χ1) is 17.7. The maximum atomic E-state index is 14.1. The van der Waals surface area contributed by atoms with Gasteiger partial charge in [-0.15, -0.1) is 0 Å². The van der Waals surface area contributed by atoms with Crippen molar-refractivity contribution >= 4 is 39.0 Å². The molecule has 2 aromatic heterocycles. The largest absolute Gasteiger partial charge is 0.503 e. The number of aliphatic hydroxyl groups excluding tert-OH is 1. The molecule has 0 aliphatic carbocycles. The van der Waals surface area contributed by atoms with Crippen molar-refractivity contribution in [1.29, 1.82) is 0 Å². The van der Waals surface area contributed by atoms with Crippen LogP contribution in [0.15, 0.2) is 59.9 Å². The third-order valence-corrected chi connectivity index (χ3v) is 8.21. The summed E-state index contributed by atoms with van der Waals surface area (Å²) < 4.78 is 1.98. The molecule has 8 heteroatoms. The van der Waals surface area contributed by atoms with Crippen LogP contribution in [-0.4, -0.2) is 63.2 Å². The molecule has 1 unspecified atom stereocenters. The van der Waals surface area contributed by atoms with Gasteiger partial charge >= 0.3 is 0 Å². The molecule has 5 rings (SSSR count). The van der Waals surface area contributed by atoms with Gasteiger partial charge in [0.2, 0.25) is 5.78 Å². The molecule has 0 saturated carbocycles. The molecule has 0 spiro atoms. The fraction of sp³-hybridized carbons (Fsp3) is 0.345. The summed E-state index contributed by atoms with van der Waals surface area (Å²) >= 11 is 1.29. The smallest absolute Gasteiger partial charge is 0.290 e. The van der Waals surface area contributed by atoms with Gasteiger partial charge in [0.25, 0.3) is 5.91 Å². The molecule has 0 saturated heterocycles. The van der Waals surface area contributed by atoms with Crippen molar-refractivity contribution < 1.29 is 14.7 Å². The number of amides is 1. The number of nitrogens with zero attached hydrogens (tertiary/aromatic N) is 4. The molecule has 7 nitrogen and oxygen atoms in total. The van der Waals surface area contributed by atoms with Crippen LogP contribution in [0.3, 0.4) is 0 Å². The van der Waals surface area contributed by atoms with Gasteiger partial charge in [0.15, 0.2) is 10.7 Å². The van der Waals surface area contributed by atoms with E-state index in [0.717, 1.165) is 35.3 Å². The first kappa shape index (κ1) is 25.2. The van der Waals surface area contributed by atoms with Gasteiger partial charge in [0.05, 0.1) is 27.5 Å². The lowest BCUT2D eigenvalue weighted by atomic mass is 9.93. The second kappa shape index (κ2) is 9.76. The van der Waals surface area contributed by atoms with Crippen molar-refractivity contribution in [1.82, 2.24) is 19.2 Å². The zero-order valence-corrected chi connectivity index (χ0v) is 22.7. The summed E-state index contributed by atoms with van der Waals surface area (Å²) in [5, 5.41) is 11.1. The van der Waals surface area contributed by atoms with Crippen LogP contribution >= 0.6 is 11.3 Å². The normalized spacial score (nSPS) is 16.4. The molecule has 4 aromatic rings. The Morgan fingerprint density at radius 3 is 2.51 bits per heavy atom. The predicted octanol–water partition coefficient (Wildman–Crippen LogP) is 5.51. The molecule has 192 valence electrons. The molecule has 1 N–H and O–H groups in total. The fourth-order valence-electron chi connectivity index (χ4n) is 5.08. The maximum Gasteiger partial charge on any atom is 0.290 e. The lowest BCUT2D eigenvalue weighted by Gasteiger charge is -2.27. The fourth-order valence-corrected chi connectivity index (χ4v) is 6.17. The van der Waals surface area contributed by atoms with Gasteiger partial charge in [-0.1, -0.05) is 61.6 Å². The number of hydrogen-bond acceptors (Lipinski definition) is 6. The topological polar surface area (TPSA) is 78.2 Å². The van der Waals surface area contributed by atoms with Crippen LogP contribution in [0.2, 0.25) is 0 Å². The summed E-state index contributed by atoms with van der Waals surface area (Å²) in [7, 11) is 3.97. The van der Waals surface area contributed by atoms with E-state index >= 15 is 0 Å². The number of benzene rings is 2. The van der Waals surface area contributed by atoms with Crippen molar-refractivity contribution in [3.8, 4) is 0 Å². The number of aliphatic hydroxyl groups is 1. The van der Waals surface area contributed by atoms with E-state index in [-0.39, 0.29) is 11.4 Å². The summed E-state index contributed by atoms with van der Waals surface area (Å²) in [5.41, 5.74) is 4.69. The molecule has 1 atom stereocenters. The summed E-state index contributed by atoms with van der Waals surface area (Å²) in [6.45, 7) is 7.37. The lowest BCUT2D eigenvalue weighted by Crippen LogP contribution is -2.33. The highest BCUT2D eigenvalue weighted by Gasteiger charge is 2.44. The second-order valence-corrected chi connectivity index (χ2v) is 11.2. The Balaban J connectivity index is 1.58. The van der Waals surface area contributed by atoms with E-state index in [1.807, 2.05) is 74.0 Å². The van der Waals surface area contributed by atoms with Crippen molar-refractivity contribution in [3.05, 3.63) is 81.6 Å². The number of rotatable bonds is 8. The molecule has 1 aliphatic heterocycles. The minimum absolute atomic E-state index is 0.143. The molecule has 0 radical (unpaired) electrons. The number of hydrogen-bond donors (Lipinski definition) is 1. The Kier molecular flexibility index (Phi) is 6.64. The number of thiazole rings is 1. The number of fused-ring (bicyclic) bond motifs is 3. The third-order valence-electron chi connectivity index (χ3n) is 7.07. The van der Waals surface area contributed by atoms with E-state index in [9.17, 15) is 14.7 Å². The van der Waals surface area contributed by atoms with E-state index in [2.05, 4.69) is 23.7 Å². The van der Waals surface area contributed by atoms with Crippen LogP contribution in [0.1, 0.15) is 58.7 Å². The monoisotopic (exact) mass is 516 g/mol. The van der Waals surface area contributed by atoms with Gasteiger partial charge < -0.3 is 14.9 Å². The number of imidazole rings is 1. The standard InChI is InChI=1S/C29H32N4O3S/c1-17(2)19-11-13-20(14-12-19)24-23(26(35)28(36)32(24)16-8-15-31(4)5)25(34)27-18(3)33-22-10-7-6-9-21(22)30-29(33)37-27/h6-7,9-14,17,24,35H,8,15-16H2,1-5H3. The number of aryl methyl sites for hydroxylation is 1. The highest BCUT2D eigenvalue weighted by atomic mass is 32.1. The summed E-state index contributed by atoms with van der Waals surface area (Å²) in [6.07, 6.45) is 0.728. The average Bonchev–Trinajstić information content (AvgIpc) is 3.48. The average molecular weight is 517 g/mol. The Hall–Kier alpha value is -3.49.